The molecule has 4 fully saturated rings. The van der Waals surface area contributed by atoms with Gasteiger partial charge in [0, 0.05) is 63.5 Å². The smallest absolute Gasteiger partial charge is 0.251 e. The number of methoxy groups -OCH3 is 2. The second-order valence-corrected chi connectivity index (χ2v) is 13.6. The number of likely N-dealkylation sites (tertiary alicyclic amines) is 1. The van der Waals surface area contributed by atoms with Crippen molar-refractivity contribution < 1.29 is 23.8 Å². The summed E-state index contributed by atoms with van der Waals surface area (Å²) >= 11 is 8.33. The lowest BCUT2D eigenvalue weighted by Gasteiger charge is -2.39. The number of fused-ring (bicyclic) bond motifs is 1. The normalized spacial score (nSPS) is 26.8. The van der Waals surface area contributed by atoms with Crippen LogP contribution in [-0.2, 0) is 19.0 Å². The van der Waals surface area contributed by atoms with E-state index in [1.54, 1.807) is 30.5 Å². The molecule has 0 unspecified atom stereocenters. The number of carbonyl (C=O) groups is 2. The third kappa shape index (κ3) is 6.04. The molecule has 3 saturated heterocycles. The zero-order valence-corrected chi connectivity index (χ0v) is 26.7. The molecule has 0 spiro atoms. The molecular weight excluding hydrogens is 590 g/mol. The molecule has 1 aliphatic carbocycles. The SMILES string of the molecule is COC1(OC)CO[C@@H]2[C@H](Cl)CN(C(=O)[C@@H](NC(=O)c3ccc(-c4csc(N5CCN(C)CC5)n4)cc3)C3CCCCC3)[C@@H]21. The Hall–Kier alpha value is -2.28. The number of ether oxygens (including phenoxy) is 3. The van der Waals surface area contributed by atoms with Gasteiger partial charge in [0.2, 0.25) is 11.7 Å². The highest BCUT2D eigenvalue weighted by atomic mass is 35.5. The van der Waals surface area contributed by atoms with Crippen molar-refractivity contribution in [2.45, 2.75) is 61.5 Å². The van der Waals surface area contributed by atoms with Gasteiger partial charge >= 0.3 is 0 Å². The standard InChI is InChI=1S/C31H42ClN5O5S/c1-35-13-15-36(16-14-35)30-33-24(18-43-30)20-9-11-22(12-10-20)28(38)34-25(21-7-5-4-6-8-21)29(39)37-17-23(32)26-27(37)31(40-2,41-3)19-42-26/h9-12,18,21,23,25-27H,4-8,13-17,19H2,1-3H3,(H,34,38)/t23-,25+,26-,27+/m1/s1. The summed E-state index contributed by atoms with van der Waals surface area (Å²) in [6, 6.07) is 6.32. The van der Waals surface area contributed by atoms with Gasteiger partial charge in [0.05, 0.1) is 11.1 Å². The van der Waals surface area contributed by atoms with E-state index in [0.29, 0.717) is 12.1 Å². The Labute approximate surface area is 262 Å². The van der Waals surface area contributed by atoms with Crippen LogP contribution in [0, 0.1) is 5.92 Å². The Balaban J connectivity index is 1.18. The van der Waals surface area contributed by atoms with Crippen LogP contribution in [0.25, 0.3) is 11.3 Å². The van der Waals surface area contributed by atoms with Crippen LogP contribution in [-0.4, -0.2) is 117 Å². The first kappa shape index (κ1) is 30.7. The number of nitrogens with one attached hydrogen (secondary N) is 1. The van der Waals surface area contributed by atoms with Crippen LogP contribution in [0.15, 0.2) is 29.6 Å². The lowest BCUT2D eigenvalue weighted by atomic mass is 9.83. The predicted octanol–water partition coefficient (Wildman–Crippen LogP) is 3.45. The number of anilines is 1. The fourth-order valence-electron chi connectivity index (χ4n) is 7.02. The van der Waals surface area contributed by atoms with E-state index >= 15 is 0 Å². The van der Waals surface area contributed by atoms with E-state index in [1.165, 1.54) is 0 Å². The number of hydrogen-bond donors (Lipinski definition) is 1. The van der Waals surface area contributed by atoms with Gasteiger partial charge in [0.25, 0.3) is 5.91 Å². The number of nitrogens with zero attached hydrogens (tertiary/aromatic N) is 4. The molecule has 1 aromatic heterocycles. The molecule has 4 heterocycles. The Morgan fingerprint density at radius 2 is 1.79 bits per heavy atom. The molecule has 1 saturated carbocycles. The molecule has 2 amide bonds. The lowest BCUT2D eigenvalue weighted by molar-refractivity contribution is -0.227. The average Bonchev–Trinajstić information content (AvgIpc) is 3.77. The third-order valence-corrected chi connectivity index (χ3v) is 10.9. The summed E-state index contributed by atoms with van der Waals surface area (Å²) < 4.78 is 17.5. The van der Waals surface area contributed by atoms with E-state index in [0.717, 1.165) is 74.7 Å². The summed E-state index contributed by atoms with van der Waals surface area (Å²) in [6.45, 7) is 4.49. The highest BCUT2D eigenvalue weighted by molar-refractivity contribution is 7.14. The summed E-state index contributed by atoms with van der Waals surface area (Å²) in [5.41, 5.74) is 2.37. The maximum Gasteiger partial charge on any atom is 0.251 e. The first-order chi connectivity index (χ1) is 20.8. The molecule has 12 heteroatoms. The Kier molecular flexibility index (Phi) is 9.28. The largest absolute Gasteiger partial charge is 0.369 e. The molecule has 6 rings (SSSR count). The monoisotopic (exact) mass is 631 g/mol. The van der Waals surface area contributed by atoms with Crippen LogP contribution in [0.1, 0.15) is 42.5 Å². The van der Waals surface area contributed by atoms with Crippen molar-refractivity contribution in [3.05, 3.63) is 35.2 Å². The van der Waals surface area contributed by atoms with E-state index < -0.39 is 24.0 Å². The van der Waals surface area contributed by atoms with Gasteiger partial charge in [0.15, 0.2) is 5.13 Å². The van der Waals surface area contributed by atoms with Crippen LogP contribution in [0.5, 0.6) is 0 Å². The van der Waals surface area contributed by atoms with E-state index in [4.69, 9.17) is 30.8 Å². The molecule has 3 aliphatic heterocycles. The number of thiazole rings is 1. The van der Waals surface area contributed by atoms with Crippen molar-refractivity contribution in [3.8, 4) is 11.3 Å². The third-order valence-electron chi connectivity index (χ3n) is 9.66. The summed E-state index contributed by atoms with van der Waals surface area (Å²) in [6.07, 6.45) is 4.59. The van der Waals surface area contributed by atoms with Crippen LogP contribution in [0.4, 0.5) is 5.13 Å². The number of amides is 2. The van der Waals surface area contributed by atoms with E-state index in [-0.39, 0.29) is 29.7 Å². The van der Waals surface area contributed by atoms with Crippen molar-refractivity contribution in [1.29, 1.82) is 0 Å². The molecule has 1 aromatic carbocycles. The average molecular weight is 632 g/mol. The van der Waals surface area contributed by atoms with Crippen molar-refractivity contribution in [2.75, 3.05) is 65.5 Å². The number of piperazine rings is 1. The van der Waals surface area contributed by atoms with E-state index in [2.05, 4.69) is 27.5 Å². The summed E-state index contributed by atoms with van der Waals surface area (Å²) in [7, 11) is 5.26. The van der Waals surface area contributed by atoms with Gasteiger partial charge in [-0.15, -0.1) is 22.9 Å². The Morgan fingerprint density at radius 3 is 2.47 bits per heavy atom. The van der Waals surface area contributed by atoms with Crippen molar-refractivity contribution in [3.63, 3.8) is 0 Å². The molecule has 10 nitrogen and oxygen atoms in total. The van der Waals surface area contributed by atoms with Crippen LogP contribution >= 0.6 is 22.9 Å². The minimum Gasteiger partial charge on any atom is -0.369 e. The number of hydrogen-bond acceptors (Lipinski definition) is 9. The maximum atomic E-state index is 14.3. The zero-order chi connectivity index (χ0) is 30.1. The van der Waals surface area contributed by atoms with Crippen molar-refractivity contribution in [2.24, 2.45) is 5.92 Å². The summed E-state index contributed by atoms with van der Waals surface area (Å²) in [4.78, 5) is 39.2. The first-order valence-corrected chi connectivity index (χ1v) is 16.6. The maximum absolute atomic E-state index is 14.3. The quantitative estimate of drug-likeness (QED) is 0.350. The fourth-order valence-corrected chi connectivity index (χ4v) is 8.26. The Morgan fingerprint density at radius 1 is 1.09 bits per heavy atom. The number of benzene rings is 1. The van der Waals surface area contributed by atoms with Gasteiger partial charge in [-0.25, -0.2) is 4.98 Å². The molecule has 4 aliphatic rings. The van der Waals surface area contributed by atoms with Crippen molar-refractivity contribution >= 4 is 39.9 Å². The van der Waals surface area contributed by atoms with Crippen molar-refractivity contribution in [1.82, 2.24) is 20.1 Å². The lowest BCUT2D eigenvalue weighted by Crippen LogP contribution is -2.60. The molecule has 234 valence electrons. The van der Waals surface area contributed by atoms with Gasteiger partial charge in [0.1, 0.15) is 24.8 Å². The van der Waals surface area contributed by atoms with Gasteiger partial charge in [-0.2, -0.15) is 0 Å². The molecular formula is C31H42ClN5O5S. The van der Waals surface area contributed by atoms with Crippen LogP contribution in [0.3, 0.4) is 0 Å². The van der Waals surface area contributed by atoms with Gasteiger partial charge in [-0.3, -0.25) is 9.59 Å². The summed E-state index contributed by atoms with van der Waals surface area (Å²) in [5.74, 6) is -1.47. The second kappa shape index (κ2) is 13.0. The molecule has 4 atom stereocenters. The van der Waals surface area contributed by atoms with E-state index in [9.17, 15) is 9.59 Å². The minimum atomic E-state index is -1.10. The fraction of sp³-hybridized carbons (Fsp3) is 0.645. The van der Waals surface area contributed by atoms with Gasteiger partial charge in [-0.1, -0.05) is 31.4 Å². The zero-order valence-electron chi connectivity index (χ0n) is 25.2. The molecule has 2 aromatic rings. The number of alkyl halides is 1. The highest BCUT2D eigenvalue weighted by Crippen LogP contribution is 2.42. The molecule has 1 N–H and O–H groups in total. The van der Waals surface area contributed by atoms with Gasteiger partial charge < -0.3 is 34.2 Å². The number of rotatable bonds is 8. The highest BCUT2D eigenvalue weighted by Gasteiger charge is 2.62. The predicted molar refractivity (Wildman–Crippen MR) is 167 cm³/mol. The van der Waals surface area contributed by atoms with Gasteiger partial charge in [-0.05, 0) is 37.9 Å². The van der Waals surface area contributed by atoms with E-state index in [1.807, 2.05) is 24.3 Å². The van der Waals surface area contributed by atoms with Crippen LogP contribution in [0.2, 0.25) is 0 Å². The number of carbonyl (C=O) groups excluding carboxylic acids is 2. The number of aromatic nitrogens is 1. The number of likely N-dealkylation sites (N-methyl/N-ethyl adjacent to an activating group) is 1. The van der Waals surface area contributed by atoms with Crippen LogP contribution < -0.4 is 10.2 Å². The molecule has 0 radical (unpaired) electrons. The first-order valence-electron chi connectivity index (χ1n) is 15.3. The second-order valence-electron chi connectivity index (χ2n) is 12.2. The molecule has 0 bridgehead atoms. The Bertz CT molecular complexity index is 1280. The minimum absolute atomic E-state index is 0.0436. The summed E-state index contributed by atoms with van der Waals surface area (Å²) in [5, 5.41) is 5.84. The molecule has 43 heavy (non-hydrogen) atoms. The topological polar surface area (TPSA) is 96.5 Å². The number of halogens is 1.